The number of carbonyl (C=O) groups excluding carboxylic acids is 1. The van der Waals surface area contributed by atoms with Gasteiger partial charge in [0.25, 0.3) is 5.91 Å². The number of aliphatic hydroxyl groups is 1. The fourth-order valence-corrected chi connectivity index (χ4v) is 6.71. The van der Waals surface area contributed by atoms with Crippen LogP contribution < -0.4 is 4.74 Å². The molecule has 36 heavy (non-hydrogen) atoms. The molecule has 1 saturated heterocycles. The highest BCUT2D eigenvalue weighted by molar-refractivity contribution is 7.11. The zero-order chi connectivity index (χ0) is 26.3. The number of hydrogen-bond donors (Lipinski definition) is 2. The van der Waals surface area contributed by atoms with Crippen molar-refractivity contribution in [3.05, 3.63) is 62.0 Å². The van der Waals surface area contributed by atoms with Crippen molar-refractivity contribution in [1.82, 2.24) is 14.9 Å². The highest BCUT2D eigenvalue weighted by atomic mass is 32.1. The lowest BCUT2D eigenvalue weighted by Crippen LogP contribution is -2.55. The van der Waals surface area contributed by atoms with Crippen LogP contribution in [0.15, 0.2) is 36.0 Å². The fourth-order valence-electron chi connectivity index (χ4n) is 5.02. The molecule has 8 nitrogen and oxygen atoms in total. The molecule has 2 aromatic heterocycles. The number of rotatable bonds is 7. The van der Waals surface area contributed by atoms with E-state index in [0.29, 0.717) is 21.3 Å². The SMILES string of the molecule is COc1cc(C(=O)N2[C@@H](c3ncc(C)s3)[C@@H](CO)C[C@@]2(Cc2nccs2)C(=O)O)ccc1C(C)(C)C. The Morgan fingerprint density at radius 3 is 2.56 bits per heavy atom. The minimum absolute atomic E-state index is 0.0420. The van der Waals surface area contributed by atoms with Crippen LogP contribution in [0.2, 0.25) is 0 Å². The molecular formula is C26H31N3O5S2. The van der Waals surface area contributed by atoms with E-state index in [9.17, 15) is 19.8 Å². The maximum atomic E-state index is 14.3. The molecule has 1 aliphatic heterocycles. The van der Waals surface area contributed by atoms with Gasteiger partial charge in [0.05, 0.1) is 18.2 Å². The van der Waals surface area contributed by atoms with E-state index in [-0.39, 0.29) is 24.9 Å². The number of aliphatic carboxylic acids is 1. The van der Waals surface area contributed by atoms with E-state index in [1.165, 1.54) is 27.6 Å². The largest absolute Gasteiger partial charge is 0.496 e. The summed E-state index contributed by atoms with van der Waals surface area (Å²) in [4.78, 5) is 38.5. The minimum Gasteiger partial charge on any atom is -0.496 e. The Morgan fingerprint density at radius 2 is 2.03 bits per heavy atom. The third-order valence-electron chi connectivity index (χ3n) is 6.71. The van der Waals surface area contributed by atoms with Crippen molar-refractivity contribution in [3.63, 3.8) is 0 Å². The van der Waals surface area contributed by atoms with Crippen LogP contribution in [0, 0.1) is 12.8 Å². The quantitative estimate of drug-likeness (QED) is 0.464. The molecule has 0 unspecified atom stereocenters. The van der Waals surface area contributed by atoms with E-state index in [0.717, 1.165) is 10.4 Å². The standard InChI is InChI=1S/C26H31N3O5S2/c1-15-13-28-22(36-15)21-17(14-30)11-26(24(32)33,12-20-27-8-9-35-20)29(21)23(31)16-6-7-18(25(2,3)4)19(10-16)34-5/h6-10,13,17,21,30H,11-12,14H2,1-5H3,(H,32,33)/t17-,21-,26-/m1/s1. The predicted octanol–water partition coefficient (Wildman–Crippen LogP) is 4.48. The Bertz CT molecular complexity index is 1250. The molecule has 3 atom stereocenters. The molecule has 0 aliphatic carbocycles. The third kappa shape index (κ3) is 4.65. The van der Waals surface area contributed by atoms with Gasteiger partial charge in [-0.3, -0.25) is 4.79 Å². The van der Waals surface area contributed by atoms with Gasteiger partial charge in [0.15, 0.2) is 0 Å². The number of amides is 1. The van der Waals surface area contributed by atoms with Crippen LogP contribution in [0.1, 0.15) is 64.0 Å². The molecule has 2 N–H and O–H groups in total. The van der Waals surface area contributed by atoms with Gasteiger partial charge in [-0.15, -0.1) is 22.7 Å². The number of carboxylic acids is 1. The highest BCUT2D eigenvalue weighted by Crippen LogP contribution is 2.50. The van der Waals surface area contributed by atoms with Crippen LogP contribution >= 0.6 is 22.7 Å². The van der Waals surface area contributed by atoms with E-state index >= 15 is 0 Å². The normalized spacial score (nSPS) is 22.1. The van der Waals surface area contributed by atoms with Gasteiger partial charge in [0, 0.05) is 47.2 Å². The van der Waals surface area contributed by atoms with Crippen LogP contribution in [-0.4, -0.2) is 56.2 Å². The molecule has 10 heteroatoms. The van der Waals surface area contributed by atoms with Crippen LogP contribution in [0.4, 0.5) is 0 Å². The van der Waals surface area contributed by atoms with Gasteiger partial charge >= 0.3 is 5.97 Å². The summed E-state index contributed by atoms with van der Waals surface area (Å²) in [5.41, 5.74) is -0.543. The van der Waals surface area contributed by atoms with Crippen LogP contribution in [-0.2, 0) is 16.6 Å². The van der Waals surface area contributed by atoms with Crippen molar-refractivity contribution in [2.24, 2.45) is 5.92 Å². The number of nitrogens with zero attached hydrogens (tertiary/aromatic N) is 3. The molecule has 1 amide bonds. The summed E-state index contributed by atoms with van der Waals surface area (Å²) in [6.45, 7) is 7.81. The number of carbonyl (C=O) groups is 2. The van der Waals surface area contributed by atoms with E-state index in [1.807, 2.05) is 13.0 Å². The first-order valence-corrected chi connectivity index (χ1v) is 13.4. The van der Waals surface area contributed by atoms with E-state index in [4.69, 9.17) is 4.74 Å². The van der Waals surface area contributed by atoms with Crippen molar-refractivity contribution in [2.45, 2.75) is 57.5 Å². The van der Waals surface area contributed by atoms with E-state index in [2.05, 4.69) is 30.7 Å². The third-order valence-corrected chi connectivity index (χ3v) is 8.48. The van der Waals surface area contributed by atoms with Crippen LogP contribution in [0.5, 0.6) is 5.75 Å². The molecule has 192 valence electrons. The van der Waals surface area contributed by atoms with Gasteiger partial charge in [-0.1, -0.05) is 26.8 Å². The number of likely N-dealkylation sites (tertiary alicyclic amines) is 1. The van der Waals surface area contributed by atoms with Gasteiger partial charge in [-0.2, -0.15) is 0 Å². The fraction of sp³-hybridized carbons (Fsp3) is 0.462. The Kier molecular flexibility index (Phi) is 7.23. The Balaban J connectivity index is 1.89. The number of aliphatic hydroxyl groups excluding tert-OH is 1. The van der Waals surface area contributed by atoms with E-state index in [1.54, 1.807) is 37.0 Å². The molecule has 4 rings (SSSR count). The summed E-state index contributed by atoms with van der Waals surface area (Å²) < 4.78 is 5.62. The summed E-state index contributed by atoms with van der Waals surface area (Å²) in [7, 11) is 1.56. The van der Waals surface area contributed by atoms with E-state index < -0.39 is 29.4 Å². The second kappa shape index (κ2) is 9.91. The molecule has 3 heterocycles. The number of aromatic nitrogens is 2. The van der Waals surface area contributed by atoms with Crippen LogP contribution in [0.25, 0.3) is 0 Å². The highest BCUT2D eigenvalue weighted by Gasteiger charge is 2.59. The lowest BCUT2D eigenvalue weighted by atomic mass is 9.85. The first-order valence-electron chi connectivity index (χ1n) is 11.7. The molecule has 3 aromatic rings. The Morgan fingerprint density at radius 1 is 1.28 bits per heavy atom. The van der Waals surface area contributed by atoms with Gasteiger partial charge in [-0.25, -0.2) is 14.8 Å². The summed E-state index contributed by atoms with van der Waals surface area (Å²) in [6.07, 6.45) is 3.46. The molecule has 1 aliphatic rings. The number of methoxy groups -OCH3 is 1. The van der Waals surface area contributed by atoms with Crippen molar-refractivity contribution in [3.8, 4) is 5.75 Å². The Labute approximate surface area is 218 Å². The topological polar surface area (TPSA) is 113 Å². The summed E-state index contributed by atoms with van der Waals surface area (Å²) in [5, 5.41) is 24.0. The molecule has 1 aromatic carbocycles. The lowest BCUT2D eigenvalue weighted by molar-refractivity contribution is -0.149. The second-order valence-electron chi connectivity index (χ2n) is 10.2. The van der Waals surface area contributed by atoms with Gasteiger partial charge in [0.1, 0.15) is 16.3 Å². The van der Waals surface area contributed by atoms with Gasteiger partial charge in [0.2, 0.25) is 0 Å². The number of aryl methyl sites for hydroxylation is 1. The molecule has 0 saturated carbocycles. The number of carboxylic acid groups (broad SMARTS) is 1. The lowest BCUT2D eigenvalue weighted by Gasteiger charge is -2.37. The average molecular weight is 530 g/mol. The second-order valence-corrected chi connectivity index (χ2v) is 12.4. The monoisotopic (exact) mass is 529 g/mol. The van der Waals surface area contributed by atoms with Gasteiger partial charge < -0.3 is 19.8 Å². The zero-order valence-corrected chi connectivity index (χ0v) is 22.7. The summed E-state index contributed by atoms with van der Waals surface area (Å²) >= 11 is 2.76. The maximum absolute atomic E-state index is 14.3. The first kappa shape index (κ1) is 26.2. The molecule has 0 bridgehead atoms. The Hall–Kier alpha value is -2.82. The molecular weight excluding hydrogens is 498 g/mol. The predicted molar refractivity (Wildman–Crippen MR) is 139 cm³/mol. The van der Waals surface area contributed by atoms with Crippen molar-refractivity contribution >= 4 is 34.6 Å². The minimum atomic E-state index is -1.59. The van der Waals surface area contributed by atoms with Crippen LogP contribution in [0.3, 0.4) is 0 Å². The smallest absolute Gasteiger partial charge is 0.330 e. The molecule has 0 spiro atoms. The number of benzene rings is 1. The van der Waals surface area contributed by atoms with Crippen molar-refractivity contribution in [1.29, 1.82) is 0 Å². The molecule has 1 fully saturated rings. The summed E-state index contributed by atoms with van der Waals surface area (Å²) in [6, 6.07) is 4.57. The van der Waals surface area contributed by atoms with Crippen molar-refractivity contribution in [2.75, 3.05) is 13.7 Å². The number of ether oxygens (including phenoxy) is 1. The van der Waals surface area contributed by atoms with Crippen molar-refractivity contribution < 1.29 is 24.5 Å². The molecule has 0 radical (unpaired) electrons. The number of hydrogen-bond acceptors (Lipinski definition) is 8. The number of thiazole rings is 2. The first-order chi connectivity index (χ1) is 17.0. The summed E-state index contributed by atoms with van der Waals surface area (Å²) in [5.74, 6) is -1.50. The average Bonchev–Trinajstić information content (AvgIpc) is 3.57. The zero-order valence-electron chi connectivity index (χ0n) is 21.0. The maximum Gasteiger partial charge on any atom is 0.330 e. The van der Waals surface area contributed by atoms with Gasteiger partial charge in [-0.05, 0) is 36.5 Å².